The molecular formula is C26H32F3N5O4S. The van der Waals surface area contributed by atoms with E-state index in [2.05, 4.69) is 21.4 Å². The monoisotopic (exact) mass is 567 g/mol. The molecule has 39 heavy (non-hydrogen) atoms. The number of carbonyl (C=O) groups excluding carboxylic acids is 1. The number of alkyl halides is 3. The van der Waals surface area contributed by atoms with Crippen LogP contribution in [0.3, 0.4) is 0 Å². The number of carbonyl (C=O) groups is 1. The fraction of sp³-hybridized carbons (Fsp3) is 0.577. The molecule has 2 aliphatic rings. The second-order valence-corrected chi connectivity index (χ2v) is 12.4. The van der Waals surface area contributed by atoms with E-state index in [0.29, 0.717) is 31.5 Å². The van der Waals surface area contributed by atoms with Crippen molar-refractivity contribution in [2.45, 2.75) is 60.6 Å². The van der Waals surface area contributed by atoms with Crippen LogP contribution < -0.4 is 5.32 Å². The Bertz CT molecular complexity index is 1360. The van der Waals surface area contributed by atoms with Crippen molar-refractivity contribution in [3.05, 3.63) is 36.2 Å². The fourth-order valence-electron chi connectivity index (χ4n) is 5.52. The van der Waals surface area contributed by atoms with Gasteiger partial charge in [0, 0.05) is 39.0 Å². The average Bonchev–Trinajstić information content (AvgIpc) is 3.55. The number of aromatic nitrogens is 2. The van der Waals surface area contributed by atoms with Gasteiger partial charge in [-0.1, -0.05) is 13.0 Å². The number of aryl methyl sites for hydroxylation is 1. The van der Waals surface area contributed by atoms with Crippen LogP contribution in [0.1, 0.15) is 38.2 Å². The molecule has 1 N–H and O–H groups in total. The lowest BCUT2D eigenvalue weighted by Crippen LogP contribution is -2.56. The van der Waals surface area contributed by atoms with Gasteiger partial charge < -0.3 is 15.0 Å². The molecule has 13 heteroatoms. The van der Waals surface area contributed by atoms with E-state index < -0.39 is 55.2 Å². The second kappa shape index (κ2) is 10.9. The number of hydrogen-bond acceptors (Lipinski definition) is 7. The molecule has 1 aliphatic heterocycles. The van der Waals surface area contributed by atoms with E-state index in [-0.39, 0.29) is 18.4 Å². The highest BCUT2D eigenvalue weighted by molar-refractivity contribution is 7.92. The third-order valence-electron chi connectivity index (χ3n) is 7.90. The Morgan fingerprint density at radius 2 is 1.95 bits per heavy atom. The molecule has 1 saturated carbocycles. The van der Waals surface area contributed by atoms with Crippen LogP contribution in [0.2, 0.25) is 0 Å². The van der Waals surface area contributed by atoms with Gasteiger partial charge in [-0.3, -0.25) is 9.48 Å². The molecule has 1 saturated heterocycles. The van der Waals surface area contributed by atoms with Crippen molar-refractivity contribution in [3.8, 4) is 17.2 Å². The summed E-state index contributed by atoms with van der Waals surface area (Å²) in [5.41, 5.74) is -1.75. The number of ether oxygens (including phenoxy) is 1. The molecule has 0 unspecified atom stereocenters. The molecule has 3 atom stereocenters. The number of amides is 1. The molecule has 1 aromatic carbocycles. The number of nitrogens with one attached hydrogen (secondary N) is 1. The Balaban J connectivity index is 1.59. The summed E-state index contributed by atoms with van der Waals surface area (Å²) >= 11 is 0. The van der Waals surface area contributed by atoms with Crippen LogP contribution in [0.25, 0.3) is 11.1 Å². The van der Waals surface area contributed by atoms with Gasteiger partial charge in [-0.25, -0.2) is 8.42 Å². The van der Waals surface area contributed by atoms with E-state index in [0.717, 1.165) is 18.7 Å². The Kier molecular flexibility index (Phi) is 8.12. The third-order valence-corrected chi connectivity index (χ3v) is 10.1. The fourth-order valence-corrected chi connectivity index (χ4v) is 7.52. The summed E-state index contributed by atoms with van der Waals surface area (Å²) in [5.74, 6) is -1.44. The van der Waals surface area contributed by atoms with Crippen molar-refractivity contribution >= 4 is 15.7 Å². The molecule has 9 nitrogen and oxygen atoms in total. The molecule has 0 spiro atoms. The summed E-state index contributed by atoms with van der Waals surface area (Å²) in [6.07, 6.45) is -2.32. The summed E-state index contributed by atoms with van der Waals surface area (Å²) < 4.78 is 76.4. The normalized spacial score (nSPS) is 23.9. The molecule has 0 bridgehead atoms. The maximum atomic E-state index is 14.1. The lowest BCUT2D eigenvalue weighted by atomic mass is 9.88. The van der Waals surface area contributed by atoms with Crippen LogP contribution in [-0.2, 0) is 32.6 Å². The Labute approximate surface area is 225 Å². The molecule has 212 valence electrons. The minimum absolute atomic E-state index is 0.137. The zero-order valence-electron chi connectivity index (χ0n) is 22.0. The number of benzene rings is 1. The van der Waals surface area contributed by atoms with Crippen molar-refractivity contribution in [1.82, 2.24) is 20.0 Å². The maximum Gasteiger partial charge on any atom is 0.417 e. The number of likely N-dealkylation sites (tertiary alicyclic amines) is 1. The Morgan fingerprint density at radius 3 is 2.49 bits per heavy atom. The van der Waals surface area contributed by atoms with Crippen LogP contribution in [0.4, 0.5) is 13.2 Å². The molecule has 2 fully saturated rings. The zero-order valence-corrected chi connectivity index (χ0v) is 22.8. The van der Waals surface area contributed by atoms with Gasteiger partial charge in [-0.05, 0) is 49.9 Å². The highest BCUT2D eigenvalue weighted by atomic mass is 32.2. The lowest BCUT2D eigenvalue weighted by Gasteiger charge is -2.38. The first kappa shape index (κ1) is 29.0. The van der Waals surface area contributed by atoms with E-state index in [4.69, 9.17) is 4.74 Å². The van der Waals surface area contributed by atoms with Crippen molar-refractivity contribution in [1.29, 1.82) is 5.26 Å². The Morgan fingerprint density at radius 1 is 1.26 bits per heavy atom. The molecule has 0 radical (unpaired) electrons. The Hall–Kier alpha value is -2.95. The van der Waals surface area contributed by atoms with Crippen molar-refractivity contribution in [3.63, 3.8) is 0 Å². The van der Waals surface area contributed by atoms with Crippen LogP contribution in [0, 0.1) is 17.2 Å². The largest absolute Gasteiger partial charge is 0.417 e. The SMILES string of the molecule is CCN1CCC(C#N)(NC(=O)[C@H]2C[C@H](S(=O)(=O)c3ccc(-c4cnn(C)c4)cc3C(F)(F)F)C[C@@H]2OC)CC1. The van der Waals surface area contributed by atoms with Gasteiger partial charge in [-0.15, -0.1) is 0 Å². The molecule has 1 aliphatic carbocycles. The highest BCUT2D eigenvalue weighted by Gasteiger charge is 2.49. The van der Waals surface area contributed by atoms with Crippen LogP contribution in [0.15, 0.2) is 35.5 Å². The second-order valence-electron chi connectivity index (χ2n) is 10.2. The summed E-state index contributed by atoms with van der Waals surface area (Å²) in [5, 5.41) is 15.4. The minimum Gasteiger partial charge on any atom is -0.381 e. The first-order valence-electron chi connectivity index (χ1n) is 12.8. The van der Waals surface area contributed by atoms with Crippen molar-refractivity contribution in [2.24, 2.45) is 13.0 Å². The standard InChI is InChI=1S/C26H32F3N5O4S/c1-4-34-9-7-25(16-30,8-10-34)32-24(35)20-12-19(13-22(20)38-3)39(36,37)23-6-5-17(11-21(23)26(27,28)29)18-14-31-33(2)15-18/h5-6,11,14-15,19-20,22H,4,7-10,12-13H2,1-3H3,(H,32,35)/t19-,20-,22-/m0/s1. The molecule has 2 aromatic rings. The van der Waals surface area contributed by atoms with Crippen molar-refractivity contribution < 1.29 is 31.1 Å². The first-order valence-corrected chi connectivity index (χ1v) is 14.3. The van der Waals surface area contributed by atoms with Gasteiger partial charge in [0.25, 0.3) is 0 Å². The zero-order chi connectivity index (χ0) is 28.6. The van der Waals surface area contributed by atoms with Gasteiger partial charge in [-0.2, -0.15) is 23.5 Å². The number of nitriles is 1. The molecular weight excluding hydrogens is 535 g/mol. The van der Waals surface area contributed by atoms with Gasteiger partial charge in [0.15, 0.2) is 9.84 Å². The van der Waals surface area contributed by atoms with Gasteiger partial charge in [0.1, 0.15) is 5.54 Å². The van der Waals surface area contributed by atoms with E-state index in [1.54, 1.807) is 7.05 Å². The molecule has 1 aromatic heterocycles. The quantitative estimate of drug-likeness (QED) is 0.546. The van der Waals surface area contributed by atoms with E-state index >= 15 is 0 Å². The third kappa shape index (κ3) is 5.83. The number of hydrogen-bond donors (Lipinski definition) is 1. The predicted octanol–water partition coefficient (Wildman–Crippen LogP) is 3.17. The number of piperidine rings is 1. The van der Waals surface area contributed by atoms with Crippen LogP contribution in [-0.4, -0.2) is 72.6 Å². The van der Waals surface area contributed by atoms with E-state index in [1.165, 1.54) is 30.3 Å². The maximum absolute atomic E-state index is 14.1. The van der Waals surface area contributed by atoms with Gasteiger partial charge in [0.2, 0.25) is 5.91 Å². The van der Waals surface area contributed by atoms with Gasteiger partial charge >= 0.3 is 6.18 Å². The topological polar surface area (TPSA) is 117 Å². The lowest BCUT2D eigenvalue weighted by molar-refractivity contribution is -0.139. The summed E-state index contributed by atoms with van der Waals surface area (Å²) in [7, 11) is -1.53. The predicted molar refractivity (Wildman–Crippen MR) is 136 cm³/mol. The summed E-state index contributed by atoms with van der Waals surface area (Å²) in [6.45, 7) is 4.10. The average molecular weight is 568 g/mol. The van der Waals surface area contributed by atoms with Crippen molar-refractivity contribution in [2.75, 3.05) is 26.7 Å². The highest BCUT2D eigenvalue weighted by Crippen LogP contribution is 2.42. The van der Waals surface area contributed by atoms with Gasteiger partial charge in [0.05, 0.1) is 40.0 Å². The number of rotatable bonds is 7. The number of halogens is 3. The number of sulfone groups is 1. The molecule has 1 amide bonds. The van der Waals surface area contributed by atoms with E-state index in [1.807, 2.05) is 6.92 Å². The smallest absolute Gasteiger partial charge is 0.381 e. The van der Waals surface area contributed by atoms with Crippen LogP contribution in [0.5, 0.6) is 0 Å². The summed E-state index contributed by atoms with van der Waals surface area (Å²) in [6, 6.07) is 5.33. The molecule has 2 heterocycles. The van der Waals surface area contributed by atoms with Crippen LogP contribution >= 0.6 is 0 Å². The molecule has 4 rings (SSSR count). The number of methoxy groups -OCH3 is 1. The first-order chi connectivity index (χ1) is 18.3. The summed E-state index contributed by atoms with van der Waals surface area (Å²) in [4.78, 5) is 14.6. The minimum atomic E-state index is -4.93. The van der Waals surface area contributed by atoms with E-state index in [9.17, 15) is 31.6 Å². The number of nitrogens with zero attached hydrogens (tertiary/aromatic N) is 4.